The number of allylic oxidation sites excluding steroid dienone is 1. The smallest absolute Gasteiger partial charge is 0.309 e. The van der Waals surface area contributed by atoms with Crippen molar-refractivity contribution in [1.82, 2.24) is 0 Å². The molecule has 5 atom stereocenters. The molecule has 0 aromatic carbocycles. The van der Waals surface area contributed by atoms with Crippen LogP contribution in [0.4, 0.5) is 0 Å². The molecule has 0 N–H and O–H groups in total. The second-order valence-electron chi connectivity index (χ2n) is 7.17. The van der Waals surface area contributed by atoms with E-state index in [2.05, 4.69) is 0 Å². The quantitative estimate of drug-likeness (QED) is 0.743. The molecule has 1 heterocycles. The van der Waals surface area contributed by atoms with Gasteiger partial charge in [-0.3, -0.25) is 14.4 Å². The maximum atomic E-state index is 12.4. The van der Waals surface area contributed by atoms with Crippen molar-refractivity contribution >= 4 is 17.7 Å². The summed E-state index contributed by atoms with van der Waals surface area (Å²) in [6.07, 6.45) is 2.34. The fraction of sp³-hybridized carbons (Fsp3) is 0.632. The molecule has 130 valence electrons. The first-order valence-electron chi connectivity index (χ1n) is 8.67. The third-order valence-corrected chi connectivity index (χ3v) is 5.47. The predicted molar refractivity (Wildman–Crippen MR) is 86.9 cm³/mol. The molecule has 0 unspecified atom stereocenters. The highest BCUT2D eigenvalue weighted by Gasteiger charge is 2.55. The summed E-state index contributed by atoms with van der Waals surface area (Å²) in [4.78, 5) is 36.6. The number of carbonyl (C=O) groups excluding carboxylic acids is 3. The van der Waals surface area contributed by atoms with Crippen molar-refractivity contribution in [1.29, 1.82) is 0 Å². The molecule has 1 aliphatic heterocycles. The van der Waals surface area contributed by atoms with Gasteiger partial charge in [0.25, 0.3) is 0 Å². The lowest BCUT2D eigenvalue weighted by Gasteiger charge is -2.29. The Balaban J connectivity index is 2.00. The van der Waals surface area contributed by atoms with Crippen molar-refractivity contribution in [3.63, 3.8) is 0 Å². The van der Waals surface area contributed by atoms with Crippen LogP contribution in [0.1, 0.15) is 47.0 Å². The van der Waals surface area contributed by atoms with E-state index in [1.807, 2.05) is 27.7 Å². The van der Waals surface area contributed by atoms with Crippen molar-refractivity contribution in [3.8, 4) is 0 Å². The highest BCUT2D eigenvalue weighted by atomic mass is 16.6. The normalized spacial score (nSPS) is 35.2. The summed E-state index contributed by atoms with van der Waals surface area (Å²) in [5.41, 5.74) is 2.58. The Bertz CT molecular complexity index is 657. The number of fused-ring (bicyclic) bond motifs is 3. The minimum Gasteiger partial charge on any atom is -0.462 e. The second-order valence-corrected chi connectivity index (χ2v) is 7.17. The lowest BCUT2D eigenvalue weighted by atomic mass is 9.79. The van der Waals surface area contributed by atoms with E-state index >= 15 is 0 Å². The average Bonchev–Trinajstić information content (AvgIpc) is 2.90. The molecule has 0 saturated carbocycles. The molecule has 3 aliphatic rings. The summed E-state index contributed by atoms with van der Waals surface area (Å²) < 4.78 is 11.4. The highest BCUT2D eigenvalue weighted by molar-refractivity contribution is 6.09. The summed E-state index contributed by atoms with van der Waals surface area (Å²) >= 11 is 0. The summed E-state index contributed by atoms with van der Waals surface area (Å²) in [6, 6.07) is 0. The lowest BCUT2D eigenvalue weighted by molar-refractivity contribution is -0.153. The van der Waals surface area contributed by atoms with E-state index in [9.17, 15) is 14.4 Å². The largest absolute Gasteiger partial charge is 0.462 e. The minimum absolute atomic E-state index is 0.00936. The summed E-state index contributed by atoms with van der Waals surface area (Å²) in [5, 5.41) is 0. The molecule has 3 rings (SSSR count). The van der Waals surface area contributed by atoms with Gasteiger partial charge in [0, 0.05) is 30.3 Å². The van der Waals surface area contributed by atoms with Gasteiger partial charge in [-0.05, 0) is 26.3 Å². The summed E-state index contributed by atoms with van der Waals surface area (Å²) in [7, 11) is 0. The van der Waals surface area contributed by atoms with Gasteiger partial charge >= 0.3 is 11.9 Å². The number of carbonyl (C=O) groups is 3. The van der Waals surface area contributed by atoms with Crippen LogP contribution in [0, 0.1) is 17.8 Å². The van der Waals surface area contributed by atoms with Crippen LogP contribution in [0.3, 0.4) is 0 Å². The van der Waals surface area contributed by atoms with Crippen LogP contribution in [-0.2, 0) is 23.9 Å². The molecule has 0 spiro atoms. The molecule has 5 heteroatoms. The molecule has 1 saturated heterocycles. The molecule has 0 aromatic heterocycles. The van der Waals surface area contributed by atoms with Crippen LogP contribution in [0.2, 0.25) is 0 Å². The molecule has 0 aromatic rings. The molecular formula is C19H24O5. The standard InChI is InChI=1S/C19H24O5/c1-5-6-14(21)23-13-8-10(3)15-12(20)7-9(2)16(15)18-17(13)11(4)19(22)24-18/h7,11,13,16-18H,5-6,8H2,1-4H3/t11-,13-,16-,17+,18+/m0/s1. The van der Waals surface area contributed by atoms with Crippen molar-refractivity contribution in [2.45, 2.75) is 59.2 Å². The number of ketones is 1. The zero-order valence-corrected chi connectivity index (χ0v) is 14.6. The van der Waals surface area contributed by atoms with Crippen LogP contribution in [-0.4, -0.2) is 29.9 Å². The third-order valence-electron chi connectivity index (χ3n) is 5.47. The van der Waals surface area contributed by atoms with Gasteiger partial charge in [-0.1, -0.05) is 25.0 Å². The van der Waals surface area contributed by atoms with Crippen molar-refractivity contribution < 1.29 is 23.9 Å². The fourth-order valence-corrected chi connectivity index (χ4v) is 4.34. The van der Waals surface area contributed by atoms with E-state index in [1.54, 1.807) is 6.08 Å². The first-order chi connectivity index (χ1) is 11.3. The SMILES string of the molecule is CCCC(=O)O[C@H]1CC(C)=C2C(=O)C=C(C)[C@@H]2[C@H]2OC(=O)[C@@H](C)[C@@H]21. The number of hydrogen-bond donors (Lipinski definition) is 0. The van der Waals surface area contributed by atoms with Gasteiger partial charge in [-0.15, -0.1) is 0 Å². The van der Waals surface area contributed by atoms with Gasteiger partial charge in [-0.2, -0.15) is 0 Å². The summed E-state index contributed by atoms with van der Waals surface area (Å²) in [6.45, 7) is 7.57. The van der Waals surface area contributed by atoms with Crippen LogP contribution in [0.15, 0.2) is 22.8 Å². The van der Waals surface area contributed by atoms with Crippen LogP contribution in [0.25, 0.3) is 0 Å². The number of hydrogen-bond acceptors (Lipinski definition) is 5. The van der Waals surface area contributed by atoms with E-state index in [0.717, 1.165) is 16.7 Å². The van der Waals surface area contributed by atoms with Gasteiger partial charge in [0.2, 0.25) is 0 Å². The highest BCUT2D eigenvalue weighted by Crippen LogP contribution is 2.48. The van der Waals surface area contributed by atoms with Crippen molar-refractivity contribution in [2.75, 3.05) is 0 Å². The topological polar surface area (TPSA) is 69.7 Å². The van der Waals surface area contributed by atoms with Gasteiger partial charge in [-0.25, -0.2) is 0 Å². The molecule has 2 aliphatic carbocycles. The maximum absolute atomic E-state index is 12.4. The Hall–Kier alpha value is -1.91. The van der Waals surface area contributed by atoms with E-state index in [0.29, 0.717) is 19.3 Å². The monoisotopic (exact) mass is 332 g/mol. The fourth-order valence-electron chi connectivity index (χ4n) is 4.34. The number of rotatable bonds is 3. The molecular weight excluding hydrogens is 308 g/mol. The van der Waals surface area contributed by atoms with Crippen LogP contribution in [0.5, 0.6) is 0 Å². The van der Waals surface area contributed by atoms with Gasteiger partial charge in [0.05, 0.1) is 5.92 Å². The van der Waals surface area contributed by atoms with E-state index < -0.39 is 12.2 Å². The molecule has 5 nitrogen and oxygen atoms in total. The molecule has 24 heavy (non-hydrogen) atoms. The lowest BCUT2D eigenvalue weighted by Crippen LogP contribution is -2.37. The van der Waals surface area contributed by atoms with Crippen LogP contribution < -0.4 is 0 Å². The zero-order valence-electron chi connectivity index (χ0n) is 14.6. The molecule has 0 bridgehead atoms. The third kappa shape index (κ3) is 2.60. The Morgan fingerprint density at radius 3 is 2.71 bits per heavy atom. The zero-order chi connectivity index (χ0) is 17.6. The first-order valence-corrected chi connectivity index (χ1v) is 8.67. The molecule has 0 amide bonds. The molecule has 1 fully saturated rings. The Kier molecular flexibility index (Phi) is 4.37. The first kappa shape index (κ1) is 16.9. The van der Waals surface area contributed by atoms with Gasteiger partial charge < -0.3 is 9.47 Å². The van der Waals surface area contributed by atoms with Crippen molar-refractivity contribution in [3.05, 3.63) is 22.8 Å². The number of esters is 2. The van der Waals surface area contributed by atoms with E-state index in [1.165, 1.54) is 0 Å². The Labute approximate surface area is 142 Å². The van der Waals surface area contributed by atoms with E-state index in [-0.39, 0.29) is 35.5 Å². The molecule has 0 radical (unpaired) electrons. The van der Waals surface area contributed by atoms with Gasteiger partial charge in [0.15, 0.2) is 5.78 Å². The Morgan fingerprint density at radius 1 is 1.33 bits per heavy atom. The minimum atomic E-state index is -0.429. The van der Waals surface area contributed by atoms with Crippen LogP contribution >= 0.6 is 0 Å². The van der Waals surface area contributed by atoms with Crippen molar-refractivity contribution in [2.24, 2.45) is 17.8 Å². The maximum Gasteiger partial charge on any atom is 0.309 e. The predicted octanol–water partition coefficient (Wildman–Crippen LogP) is 2.74. The Morgan fingerprint density at radius 2 is 2.04 bits per heavy atom. The number of ether oxygens (including phenoxy) is 2. The second kappa shape index (κ2) is 6.19. The van der Waals surface area contributed by atoms with Gasteiger partial charge in [0.1, 0.15) is 12.2 Å². The summed E-state index contributed by atoms with van der Waals surface area (Å²) in [5.74, 6) is -1.30. The van der Waals surface area contributed by atoms with E-state index in [4.69, 9.17) is 9.47 Å². The average molecular weight is 332 g/mol.